The average molecular weight is 268 g/mol. The predicted molar refractivity (Wildman–Crippen MR) is 92.3 cm³/mol. The van der Waals surface area contributed by atoms with E-state index < -0.39 is 0 Å². The Kier molecular flexibility index (Phi) is 2.93. The van der Waals surface area contributed by atoms with E-state index in [0.29, 0.717) is 0 Å². The SMILES string of the molecule is C1=CCC(/C=C/c2c3ccccc3cc3ccccc23)=C1. The van der Waals surface area contributed by atoms with Crippen LogP contribution in [0.5, 0.6) is 0 Å². The zero-order valence-electron chi connectivity index (χ0n) is 11.8. The molecular weight excluding hydrogens is 252 g/mol. The van der Waals surface area contributed by atoms with E-state index in [1.807, 2.05) is 0 Å². The number of benzene rings is 3. The molecule has 0 spiro atoms. The highest BCUT2D eigenvalue weighted by Crippen LogP contribution is 2.30. The van der Waals surface area contributed by atoms with Crippen molar-refractivity contribution in [3.63, 3.8) is 0 Å². The van der Waals surface area contributed by atoms with Crippen LogP contribution in [0, 0.1) is 0 Å². The molecule has 0 bridgehead atoms. The summed E-state index contributed by atoms with van der Waals surface area (Å²) >= 11 is 0. The third-order valence-electron chi connectivity index (χ3n) is 4.08. The summed E-state index contributed by atoms with van der Waals surface area (Å²) in [5.41, 5.74) is 2.68. The number of rotatable bonds is 2. The highest BCUT2D eigenvalue weighted by atomic mass is 14.1. The maximum atomic E-state index is 2.28. The molecule has 0 fully saturated rings. The maximum Gasteiger partial charge on any atom is -0.00943 e. The van der Waals surface area contributed by atoms with Gasteiger partial charge in [-0.3, -0.25) is 0 Å². The lowest BCUT2D eigenvalue weighted by Gasteiger charge is -2.08. The lowest BCUT2D eigenvalue weighted by molar-refractivity contribution is 1.34. The summed E-state index contributed by atoms with van der Waals surface area (Å²) in [5.74, 6) is 0. The Labute approximate surface area is 124 Å². The van der Waals surface area contributed by atoms with E-state index in [9.17, 15) is 0 Å². The molecule has 0 nitrogen and oxygen atoms in total. The monoisotopic (exact) mass is 268 g/mol. The second kappa shape index (κ2) is 5.06. The molecule has 0 saturated carbocycles. The highest BCUT2D eigenvalue weighted by Gasteiger charge is 2.05. The minimum absolute atomic E-state index is 1.04. The second-order valence-electron chi connectivity index (χ2n) is 5.44. The minimum atomic E-state index is 1.04. The smallest absolute Gasteiger partial charge is 0.00943 e. The summed E-state index contributed by atoms with van der Waals surface area (Å²) in [6.45, 7) is 0. The van der Waals surface area contributed by atoms with Crippen molar-refractivity contribution in [1.82, 2.24) is 0 Å². The van der Waals surface area contributed by atoms with E-state index in [-0.39, 0.29) is 0 Å². The topological polar surface area (TPSA) is 0 Å². The third-order valence-corrected chi connectivity index (χ3v) is 4.08. The molecule has 1 aliphatic carbocycles. The van der Waals surface area contributed by atoms with E-state index in [0.717, 1.165) is 6.42 Å². The van der Waals surface area contributed by atoms with Gasteiger partial charge in [0.15, 0.2) is 0 Å². The Morgan fingerprint density at radius 2 is 1.43 bits per heavy atom. The van der Waals surface area contributed by atoms with Crippen molar-refractivity contribution >= 4 is 27.6 Å². The van der Waals surface area contributed by atoms with Crippen LogP contribution in [0.25, 0.3) is 27.6 Å². The molecule has 0 aromatic heterocycles. The fourth-order valence-corrected chi connectivity index (χ4v) is 3.01. The Hall–Kier alpha value is -2.60. The molecule has 0 heterocycles. The van der Waals surface area contributed by atoms with E-state index in [2.05, 4.69) is 85.0 Å². The highest BCUT2D eigenvalue weighted by molar-refractivity contribution is 6.06. The van der Waals surface area contributed by atoms with Crippen molar-refractivity contribution in [1.29, 1.82) is 0 Å². The molecule has 0 radical (unpaired) electrons. The summed E-state index contributed by atoms with van der Waals surface area (Å²) in [7, 11) is 0. The van der Waals surface area contributed by atoms with Gasteiger partial charge in [0, 0.05) is 0 Å². The van der Waals surface area contributed by atoms with Gasteiger partial charge in [0.25, 0.3) is 0 Å². The Morgan fingerprint density at radius 3 is 2.05 bits per heavy atom. The normalized spacial score (nSPS) is 14.4. The summed E-state index contributed by atoms with van der Waals surface area (Å²) in [6.07, 6.45) is 12.1. The average Bonchev–Trinajstić information content (AvgIpc) is 3.05. The summed E-state index contributed by atoms with van der Waals surface area (Å²) < 4.78 is 0. The zero-order chi connectivity index (χ0) is 14.1. The lowest BCUT2D eigenvalue weighted by Crippen LogP contribution is -1.83. The molecule has 100 valence electrons. The van der Waals surface area contributed by atoms with Crippen molar-refractivity contribution < 1.29 is 0 Å². The van der Waals surface area contributed by atoms with Gasteiger partial charge in [-0.15, -0.1) is 0 Å². The van der Waals surface area contributed by atoms with Gasteiger partial charge in [0.2, 0.25) is 0 Å². The van der Waals surface area contributed by atoms with Crippen molar-refractivity contribution in [2.45, 2.75) is 6.42 Å². The van der Waals surface area contributed by atoms with Crippen molar-refractivity contribution in [3.8, 4) is 0 Å². The summed E-state index contributed by atoms with van der Waals surface area (Å²) in [6, 6.07) is 19.5. The summed E-state index contributed by atoms with van der Waals surface area (Å²) in [4.78, 5) is 0. The molecule has 0 N–H and O–H groups in total. The van der Waals surface area contributed by atoms with Gasteiger partial charge in [-0.05, 0) is 45.2 Å². The fraction of sp³-hybridized carbons (Fsp3) is 0.0476. The molecule has 21 heavy (non-hydrogen) atoms. The first-order valence-corrected chi connectivity index (χ1v) is 7.36. The zero-order valence-corrected chi connectivity index (χ0v) is 11.8. The molecule has 0 saturated heterocycles. The molecule has 3 aromatic rings. The van der Waals surface area contributed by atoms with E-state index >= 15 is 0 Å². The van der Waals surface area contributed by atoms with Gasteiger partial charge in [-0.1, -0.05) is 78.9 Å². The van der Waals surface area contributed by atoms with Crippen LogP contribution >= 0.6 is 0 Å². The van der Waals surface area contributed by atoms with Crippen LogP contribution in [0.2, 0.25) is 0 Å². The van der Waals surface area contributed by atoms with Crippen molar-refractivity contribution in [2.75, 3.05) is 0 Å². The van der Waals surface area contributed by atoms with E-state index in [1.165, 1.54) is 32.7 Å². The molecule has 0 aliphatic heterocycles. The number of fused-ring (bicyclic) bond motifs is 2. The first-order chi connectivity index (χ1) is 10.4. The van der Waals surface area contributed by atoms with E-state index in [1.54, 1.807) is 0 Å². The largest absolute Gasteiger partial charge is 0.0801 e. The van der Waals surface area contributed by atoms with Crippen molar-refractivity contribution in [3.05, 3.63) is 90.0 Å². The Bertz CT molecular complexity index is 854. The van der Waals surface area contributed by atoms with Crippen LogP contribution in [0.3, 0.4) is 0 Å². The first-order valence-electron chi connectivity index (χ1n) is 7.36. The lowest BCUT2D eigenvalue weighted by atomic mass is 9.96. The Morgan fingerprint density at radius 1 is 0.762 bits per heavy atom. The molecule has 0 heteroatoms. The van der Waals surface area contributed by atoms with Gasteiger partial charge in [0.05, 0.1) is 0 Å². The van der Waals surface area contributed by atoms with Crippen LogP contribution in [-0.2, 0) is 0 Å². The molecule has 3 aromatic carbocycles. The maximum absolute atomic E-state index is 2.28. The standard InChI is InChI=1S/C21H16/c1-2-8-16(7-1)13-14-21-19-11-5-3-9-17(19)15-18-10-4-6-12-20(18)21/h1-7,9-15H,8H2/b14-13+. The number of hydrogen-bond acceptors (Lipinski definition) is 0. The molecule has 0 atom stereocenters. The summed E-state index contributed by atoms with van der Waals surface area (Å²) in [5, 5.41) is 5.24. The van der Waals surface area contributed by atoms with Gasteiger partial charge in [-0.25, -0.2) is 0 Å². The fourth-order valence-electron chi connectivity index (χ4n) is 3.01. The van der Waals surface area contributed by atoms with Crippen LogP contribution in [0.15, 0.2) is 84.5 Å². The predicted octanol–water partition coefficient (Wildman–Crippen LogP) is 5.89. The first kappa shape index (κ1) is 12.2. The van der Waals surface area contributed by atoms with Crippen LogP contribution < -0.4 is 0 Å². The number of allylic oxidation sites excluding steroid dienone is 5. The van der Waals surface area contributed by atoms with Gasteiger partial charge >= 0.3 is 0 Å². The molecule has 4 rings (SSSR count). The van der Waals surface area contributed by atoms with Gasteiger partial charge in [-0.2, -0.15) is 0 Å². The van der Waals surface area contributed by atoms with Crippen LogP contribution in [-0.4, -0.2) is 0 Å². The Balaban J connectivity index is 1.98. The van der Waals surface area contributed by atoms with E-state index in [4.69, 9.17) is 0 Å². The minimum Gasteiger partial charge on any atom is -0.0801 e. The third kappa shape index (κ3) is 2.19. The molecular formula is C21H16. The van der Waals surface area contributed by atoms with Crippen LogP contribution in [0.4, 0.5) is 0 Å². The second-order valence-corrected chi connectivity index (χ2v) is 5.44. The van der Waals surface area contributed by atoms with Gasteiger partial charge in [0.1, 0.15) is 0 Å². The van der Waals surface area contributed by atoms with Gasteiger partial charge < -0.3 is 0 Å². The molecule has 0 amide bonds. The number of hydrogen-bond donors (Lipinski definition) is 0. The van der Waals surface area contributed by atoms with Crippen LogP contribution in [0.1, 0.15) is 12.0 Å². The molecule has 1 aliphatic rings. The quantitative estimate of drug-likeness (QED) is 0.508. The molecule has 0 unspecified atom stereocenters. The van der Waals surface area contributed by atoms with Crippen molar-refractivity contribution in [2.24, 2.45) is 0 Å².